The summed E-state index contributed by atoms with van der Waals surface area (Å²) in [6.07, 6.45) is 3.88. The molecule has 0 aliphatic heterocycles. The predicted molar refractivity (Wildman–Crippen MR) is 130 cm³/mol. The lowest BCUT2D eigenvalue weighted by Gasteiger charge is -2.00. The van der Waals surface area contributed by atoms with Gasteiger partial charge in [0.25, 0.3) is 0 Å². The summed E-state index contributed by atoms with van der Waals surface area (Å²) in [6.45, 7) is 0. The SMILES string of the molecule is ClCCCC=C(C#Cc1cccc2ccccc12)C#Cc1cccc2ccccc12. The fraction of sp³-hybridized carbons (Fsp3) is 0.103. The minimum Gasteiger partial charge on any atom is -0.127 e. The minimum atomic E-state index is 0.636. The predicted octanol–water partition coefficient (Wildman–Crippen LogP) is 7.34. The molecule has 4 aromatic rings. The second-order valence-electron chi connectivity index (χ2n) is 7.00. The molecule has 0 N–H and O–H groups in total. The van der Waals surface area contributed by atoms with E-state index in [9.17, 15) is 0 Å². The molecule has 30 heavy (non-hydrogen) atoms. The van der Waals surface area contributed by atoms with E-state index in [1.165, 1.54) is 10.8 Å². The zero-order valence-electron chi connectivity index (χ0n) is 16.7. The molecule has 1 heteroatoms. The number of benzene rings is 4. The Morgan fingerprint density at radius 1 is 0.667 bits per heavy atom. The second kappa shape index (κ2) is 9.84. The highest BCUT2D eigenvalue weighted by Crippen LogP contribution is 2.19. The van der Waals surface area contributed by atoms with Crippen molar-refractivity contribution in [1.82, 2.24) is 0 Å². The van der Waals surface area contributed by atoms with E-state index < -0.39 is 0 Å². The molecular formula is C29H21Cl. The maximum atomic E-state index is 5.86. The van der Waals surface area contributed by atoms with Gasteiger partial charge in [0.15, 0.2) is 0 Å². The zero-order valence-corrected chi connectivity index (χ0v) is 17.4. The molecule has 0 amide bonds. The Kier molecular flexibility index (Phi) is 6.51. The van der Waals surface area contributed by atoms with Crippen LogP contribution in [0.25, 0.3) is 21.5 Å². The number of hydrogen-bond acceptors (Lipinski definition) is 0. The summed E-state index contributed by atoms with van der Waals surface area (Å²) < 4.78 is 0. The highest BCUT2D eigenvalue weighted by atomic mass is 35.5. The fourth-order valence-corrected chi connectivity index (χ4v) is 3.55. The van der Waals surface area contributed by atoms with Crippen LogP contribution in [-0.4, -0.2) is 5.88 Å². The van der Waals surface area contributed by atoms with E-state index in [0.717, 1.165) is 40.3 Å². The molecule has 0 aliphatic carbocycles. The van der Waals surface area contributed by atoms with Crippen LogP contribution in [0.1, 0.15) is 24.0 Å². The van der Waals surface area contributed by atoms with Crippen molar-refractivity contribution < 1.29 is 0 Å². The third-order valence-electron chi connectivity index (χ3n) is 4.93. The molecule has 0 spiro atoms. The average molecular weight is 405 g/mol. The smallest absolute Gasteiger partial charge is 0.0711 e. The van der Waals surface area contributed by atoms with E-state index in [1.54, 1.807) is 0 Å². The molecule has 4 rings (SSSR count). The third-order valence-corrected chi connectivity index (χ3v) is 5.20. The van der Waals surface area contributed by atoms with Crippen LogP contribution < -0.4 is 0 Å². The van der Waals surface area contributed by atoms with Gasteiger partial charge >= 0.3 is 0 Å². The third kappa shape index (κ3) is 4.75. The Hall–Kier alpha value is -3.45. The van der Waals surface area contributed by atoms with Crippen LogP contribution in [-0.2, 0) is 0 Å². The van der Waals surface area contributed by atoms with Gasteiger partial charge in [0.2, 0.25) is 0 Å². The maximum absolute atomic E-state index is 5.86. The van der Waals surface area contributed by atoms with Crippen molar-refractivity contribution in [2.75, 3.05) is 5.88 Å². The first-order chi connectivity index (χ1) is 14.8. The number of hydrogen-bond donors (Lipinski definition) is 0. The van der Waals surface area contributed by atoms with Crippen LogP contribution in [0.3, 0.4) is 0 Å². The topological polar surface area (TPSA) is 0 Å². The van der Waals surface area contributed by atoms with Crippen LogP contribution in [0, 0.1) is 23.7 Å². The van der Waals surface area contributed by atoms with Gasteiger partial charge in [-0.3, -0.25) is 0 Å². The molecule has 0 fully saturated rings. The summed E-state index contributed by atoms with van der Waals surface area (Å²) in [4.78, 5) is 0. The van der Waals surface area contributed by atoms with Crippen molar-refractivity contribution in [3.05, 3.63) is 108 Å². The number of unbranched alkanes of at least 4 members (excludes halogenated alkanes) is 1. The molecule has 0 bridgehead atoms. The van der Waals surface area contributed by atoms with Crippen LogP contribution >= 0.6 is 11.6 Å². The summed E-state index contributed by atoms with van der Waals surface area (Å²) in [5.41, 5.74) is 2.87. The summed E-state index contributed by atoms with van der Waals surface area (Å²) >= 11 is 5.86. The lowest BCUT2D eigenvalue weighted by Crippen LogP contribution is -1.83. The quantitative estimate of drug-likeness (QED) is 0.190. The number of allylic oxidation sites excluding steroid dienone is 2. The molecule has 0 saturated carbocycles. The average Bonchev–Trinajstić information content (AvgIpc) is 2.80. The summed E-state index contributed by atoms with van der Waals surface area (Å²) in [6, 6.07) is 29.1. The molecule has 0 unspecified atom stereocenters. The molecule has 0 nitrogen and oxygen atoms in total. The number of alkyl halides is 1. The van der Waals surface area contributed by atoms with Gasteiger partial charge in [-0.15, -0.1) is 11.6 Å². The van der Waals surface area contributed by atoms with E-state index in [1.807, 2.05) is 36.4 Å². The standard InChI is InChI=1S/C29H21Cl/c30-22-6-5-9-23(18-20-26-14-7-12-24-10-1-3-16-28(24)26)19-21-27-15-8-13-25-11-2-4-17-29(25)27/h1-4,7-17H,5-6,22H2. The molecule has 0 radical (unpaired) electrons. The normalized spacial score (nSPS) is 10.0. The van der Waals surface area contributed by atoms with Crippen molar-refractivity contribution in [3.8, 4) is 23.7 Å². The van der Waals surface area contributed by atoms with E-state index in [0.29, 0.717) is 5.88 Å². The van der Waals surface area contributed by atoms with E-state index in [4.69, 9.17) is 11.6 Å². The number of rotatable bonds is 3. The van der Waals surface area contributed by atoms with E-state index in [-0.39, 0.29) is 0 Å². The first-order valence-corrected chi connectivity index (χ1v) is 10.6. The Labute approximate surface area is 183 Å². The molecule has 0 aromatic heterocycles. The van der Waals surface area contributed by atoms with Crippen molar-refractivity contribution >= 4 is 33.1 Å². The molecule has 4 aromatic carbocycles. The van der Waals surface area contributed by atoms with Crippen molar-refractivity contribution in [2.24, 2.45) is 0 Å². The largest absolute Gasteiger partial charge is 0.127 e. The highest BCUT2D eigenvalue weighted by molar-refractivity contribution is 6.17. The first kappa shape index (κ1) is 19.8. The second-order valence-corrected chi connectivity index (χ2v) is 7.38. The summed E-state index contributed by atoms with van der Waals surface area (Å²) in [7, 11) is 0. The Balaban J connectivity index is 1.71. The lowest BCUT2D eigenvalue weighted by atomic mass is 10.0. The van der Waals surface area contributed by atoms with Crippen molar-refractivity contribution in [3.63, 3.8) is 0 Å². The van der Waals surface area contributed by atoms with Crippen molar-refractivity contribution in [2.45, 2.75) is 12.8 Å². The minimum absolute atomic E-state index is 0.636. The van der Waals surface area contributed by atoms with Gasteiger partial charge in [-0.1, -0.05) is 103 Å². The molecule has 0 saturated heterocycles. The van der Waals surface area contributed by atoms with E-state index >= 15 is 0 Å². The van der Waals surface area contributed by atoms with Crippen molar-refractivity contribution in [1.29, 1.82) is 0 Å². The maximum Gasteiger partial charge on any atom is 0.0711 e. The van der Waals surface area contributed by atoms with Gasteiger partial charge in [0, 0.05) is 17.0 Å². The van der Waals surface area contributed by atoms with Crippen LogP contribution in [0.2, 0.25) is 0 Å². The number of halogens is 1. The number of fused-ring (bicyclic) bond motifs is 2. The van der Waals surface area contributed by atoms with Gasteiger partial charge in [-0.25, -0.2) is 0 Å². The Morgan fingerprint density at radius 2 is 1.17 bits per heavy atom. The molecule has 144 valence electrons. The van der Waals surface area contributed by atoms with Gasteiger partial charge in [-0.2, -0.15) is 0 Å². The first-order valence-electron chi connectivity index (χ1n) is 10.1. The van der Waals surface area contributed by atoms with Gasteiger partial charge in [-0.05, 0) is 46.5 Å². The van der Waals surface area contributed by atoms with Crippen LogP contribution in [0.5, 0.6) is 0 Å². The summed E-state index contributed by atoms with van der Waals surface area (Å²) in [5, 5.41) is 4.71. The summed E-state index contributed by atoms with van der Waals surface area (Å²) in [5.74, 6) is 13.9. The fourth-order valence-electron chi connectivity index (χ4n) is 3.40. The zero-order chi connectivity index (χ0) is 20.6. The molecule has 0 heterocycles. The monoisotopic (exact) mass is 404 g/mol. The molecule has 0 atom stereocenters. The highest BCUT2D eigenvalue weighted by Gasteiger charge is 1.98. The van der Waals surface area contributed by atoms with E-state index in [2.05, 4.69) is 78.3 Å². The van der Waals surface area contributed by atoms with Crippen LogP contribution in [0.15, 0.2) is 96.6 Å². The lowest BCUT2D eigenvalue weighted by molar-refractivity contribution is 0.964. The van der Waals surface area contributed by atoms with Gasteiger partial charge < -0.3 is 0 Å². The van der Waals surface area contributed by atoms with Gasteiger partial charge in [0.1, 0.15) is 0 Å². The Morgan fingerprint density at radius 3 is 1.70 bits per heavy atom. The van der Waals surface area contributed by atoms with Gasteiger partial charge in [0.05, 0.1) is 5.57 Å². The Bertz CT molecular complexity index is 1230. The molecular weight excluding hydrogens is 384 g/mol. The molecule has 0 aliphatic rings. The van der Waals surface area contributed by atoms with Crippen LogP contribution in [0.4, 0.5) is 0 Å².